The summed E-state index contributed by atoms with van der Waals surface area (Å²) in [4.78, 5) is 0. The van der Waals surface area contributed by atoms with Gasteiger partial charge in [-0.3, -0.25) is 0 Å². The normalized spacial score (nSPS) is 13.0. The van der Waals surface area contributed by atoms with E-state index in [1.165, 1.54) is 108 Å². The van der Waals surface area contributed by atoms with Crippen molar-refractivity contribution in [3.05, 3.63) is 153 Å². The van der Waals surface area contributed by atoms with Crippen molar-refractivity contribution in [1.29, 1.82) is 0 Å². The molecule has 2 aromatic heterocycles. The maximum absolute atomic E-state index is 5.93. The van der Waals surface area contributed by atoms with Crippen LogP contribution in [-0.4, -0.2) is 3.21 Å². The first kappa shape index (κ1) is 55.9. The second-order valence-corrected chi connectivity index (χ2v) is 25.5. The van der Waals surface area contributed by atoms with E-state index in [-0.39, 0.29) is 46.5 Å². The van der Waals surface area contributed by atoms with E-state index < -0.39 is 0 Å². The summed E-state index contributed by atoms with van der Waals surface area (Å²) in [5.74, 6) is 3.77. The van der Waals surface area contributed by atoms with Crippen molar-refractivity contribution in [3.8, 4) is 44.9 Å². The van der Waals surface area contributed by atoms with Crippen LogP contribution in [0.4, 0.5) is 0 Å². The maximum atomic E-state index is 5.93. The first-order valence-electron chi connectivity index (χ1n) is 24.5. The van der Waals surface area contributed by atoms with E-state index in [1.807, 2.05) is 26.0 Å². The van der Waals surface area contributed by atoms with E-state index in [9.17, 15) is 0 Å². The van der Waals surface area contributed by atoms with Crippen LogP contribution in [0.25, 0.3) is 66.4 Å². The minimum atomic E-state index is 0. The van der Waals surface area contributed by atoms with Gasteiger partial charge >= 0.3 is 46.7 Å². The van der Waals surface area contributed by atoms with Gasteiger partial charge in [0.25, 0.3) is 0 Å². The predicted octanol–water partition coefficient (Wildman–Crippen LogP) is 12.9. The van der Waals surface area contributed by atoms with Crippen molar-refractivity contribution in [1.82, 2.24) is 0 Å². The van der Waals surface area contributed by atoms with Gasteiger partial charge in [0.2, 0.25) is 0 Å². The Kier molecular flexibility index (Phi) is 17.0. The van der Waals surface area contributed by atoms with Gasteiger partial charge in [-0.1, -0.05) is 153 Å². The molecule has 0 atom stereocenters. The van der Waals surface area contributed by atoms with E-state index >= 15 is 0 Å². The zero-order valence-electron chi connectivity index (χ0n) is 44.9. The molecule has 0 N–H and O–H groups in total. The fourth-order valence-corrected chi connectivity index (χ4v) is 9.91. The molecule has 0 radical (unpaired) electrons. The zero-order valence-corrected chi connectivity index (χ0v) is 48.9. The second kappa shape index (κ2) is 21.0. The summed E-state index contributed by atoms with van der Waals surface area (Å²) in [6, 6.07) is 36.4. The van der Waals surface area contributed by atoms with Gasteiger partial charge in [-0.15, -0.1) is 57.9 Å². The number of furan rings is 2. The van der Waals surface area contributed by atoms with Crippen molar-refractivity contribution in [3.63, 3.8) is 0 Å². The molecule has 2 nitrogen and oxygen atoms in total. The molecule has 0 unspecified atom stereocenters. The molecule has 0 bridgehead atoms. The van der Waals surface area contributed by atoms with Crippen LogP contribution in [0.2, 0.25) is 0 Å². The summed E-state index contributed by atoms with van der Waals surface area (Å²) in [6.45, 7) is 40.6. The Morgan fingerprint density at radius 1 is 0.435 bits per heavy atom. The van der Waals surface area contributed by atoms with Gasteiger partial charge in [-0.25, -0.2) is 0 Å². The molecule has 69 heavy (non-hydrogen) atoms. The third-order valence-electron chi connectivity index (χ3n) is 14.0. The Labute approximate surface area is 443 Å². The molecule has 0 spiro atoms. The molecule has 364 valence electrons. The van der Waals surface area contributed by atoms with E-state index in [0.717, 1.165) is 34.2 Å². The molecule has 5 heteroatoms. The third-order valence-corrected chi connectivity index (χ3v) is 15.2. The molecule has 0 amide bonds. The number of rotatable bonds is 4. The summed E-state index contributed by atoms with van der Waals surface area (Å²) in [7, 11) is 0. The van der Waals surface area contributed by atoms with E-state index in [2.05, 4.69) is 196 Å². The van der Waals surface area contributed by atoms with E-state index in [1.54, 1.807) is 27.4 Å². The topological polar surface area (TPSA) is 26.3 Å². The molecular formula is C64H76Cl2O2Zr-2. The molecule has 9 rings (SSSR count). The summed E-state index contributed by atoms with van der Waals surface area (Å²) in [6.07, 6.45) is 4.36. The monoisotopic (exact) mass is 1040 g/mol. The van der Waals surface area contributed by atoms with Crippen molar-refractivity contribution < 1.29 is 57.9 Å². The van der Waals surface area contributed by atoms with Gasteiger partial charge in [0.05, 0.1) is 23.0 Å². The van der Waals surface area contributed by atoms with Crippen LogP contribution in [0.15, 0.2) is 106 Å². The third kappa shape index (κ3) is 12.5. The fourth-order valence-electron chi connectivity index (χ4n) is 9.04. The molecule has 1 aliphatic carbocycles. The van der Waals surface area contributed by atoms with Gasteiger partial charge in [0, 0.05) is 0 Å². The number of fused-ring (bicyclic) bond motifs is 2. The second-order valence-electron chi connectivity index (χ2n) is 23.8. The number of hydrogen-bond acceptors (Lipinski definition) is 2. The Morgan fingerprint density at radius 2 is 0.739 bits per heavy atom. The molecule has 1 saturated carbocycles. The minimum absolute atomic E-state index is 0. The number of halogens is 2. The summed E-state index contributed by atoms with van der Waals surface area (Å²) >= 11 is 1.67. The van der Waals surface area contributed by atoms with Crippen molar-refractivity contribution in [2.24, 2.45) is 0 Å². The Hall–Kier alpha value is -4.01. The molecule has 2 heterocycles. The molecular weight excluding hydrogens is 963 g/mol. The summed E-state index contributed by atoms with van der Waals surface area (Å²) in [5.41, 5.74) is 18.9. The average molecular weight is 1040 g/mol. The van der Waals surface area contributed by atoms with Gasteiger partial charge in [0.1, 0.15) is 0 Å². The fraction of sp³-hybridized carbons (Fsp3) is 0.391. The molecule has 0 aliphatic heterocycles. The molecule has 0 saturated heterocycles. The van der Waals surface area contributed by atoms with Gasteiger partial charge < -0.3 is 33.6 Å². The summed E-state index contributed by atoms with van der Waals surface area (Å²) < 4.78 is 13.6. The van der Waals surface area contributed by atoms with Gasteiger partial charge in [0.15, 0.2) is 0 Å². The standard InChI is InChI=1S/2C30H35O.C4H6.2ClH.Zr/c2*1-18-12-21-13-22(27-11-10-19(2)31-27)16-26(21)28(20(18)3)23-14-24(29(4,5)6)17-25(15-23)30(7,8)9;1-2-4-3-1;;;/h2*10-17H,1-9H3;1-3H2;2*1H;/q2*-1;;;;+2/p-2. The first-order chi connectivity index (χ1) is 31.1. The molecule has 8 aromatic rings. The first-order valence-corrected chi connectivity index (χ1v) is 25.8. The van der Waals surface area contributed by atoms with Crippen molar-refractivity contribution in [2.45, 2.75) is 166 Å². The van der Waals surface area contributed by atoms with E-state index in [4.69, 9.17) is 8.83 Å². The van der Waals surface area contributed by atoms with Gasteiger partial charge in [-0.05, 0) is 132 Å². The Bertz CT molecular complexity index is 2840. The molecule has 6 aromatic carbocycles. The van der Waals surface area contributed by atoms with Crippen LogP contribution in [0, 0.1) is 41.5 Å². The van der Waals surface area contributed by atoms with Gasteiger partial charge in [-0.2, -0.15) is 0 Å². The zero-order chi connectivity index (χ0) is 49.1. The SMILES string of the molecule is Cc1ccc(-c2cc3c(-c4cc(C(C)(C)C)cc(C(C)(C)C)c4)c(C)c(C)cc3[cH-]2)o1.Cc1ccc(-c2cc3c(-c4cc(C(C)(C)C)cc(C(C)(C)C)c4)c(C)c(C)cc3[cH-]2)o1.[Cl-].[Cl-].[Zr+2]=[C]1CCC1. The summed E-state index contributed by atoms with van der Waals surface area (Å²) in [5, 5.41) is 5.16. The molecule has 1 fully saturated rings. The van der Waals surface area contributed by atoms with Crippen LogP contribution in [0.1, 0.15) is 158 Å². The number of benzene rings is 4. The van der Waals surface area contributed by atoms with Crippen LogP contribution < -0.4 is 24.8 Å². The number of hydrogen-bond donors (Lipinski definition) is 0. The number of aryl methyl sites for hydroxylation is 4. The van der Waals surface area contributed by atoms with Crippen molar-refractivity contribution in [2.75, 3.05) is 0 Å². The van der Waals surface area contributed by atoms with Crippen LogP contribution >= 0.6 is 0 Å². The average Bonchev–Trinajstić information content (AvgIpc) is 4.04. The van der Waals surface area contributed by atoms with E-state index in [0.29, 0.717) is 0 Å². The molecule has 1 aliphatic rings. The quantitative estimate of drug-likeness (QED) is 0.164. The van der Waals surface area contributed by atoms with Crippen LogP contribution in [-0.2, 0) is 45.9 Å². The predicted molar refractivity (Wildman–Crippen MR) is 287 cm³/mol. The van der Waals surface area contributed by atoms with Crippen LogP contribution in [0.3, 0.4) is 0 Å². The van der Waals surface area contributed by atoms with Crippen LogP contribution in [0.5, 0.6) is 0 Å². The van der Waals surface area contributed by atoms with Crippen molar-refractivity contribution >= 4 is 24.8 Å². The Balaban J connectivity index is 0.000000227. The Morgan fingerprint density at radius 3 is 0.971 bits per heavy atom.